The number of ether oxygens (including phenoxy) is 1. The first-order valence-electron chi connectivity index (χ1n) is 7.70. The molecule has 1 atom stereocenters. The van der Waals surface area contributed by atoms with Crippen LogP contribution < -0.4 is 4.74 Å². The third kappa shape index (κ3) is 3.17. The predicted molar refractivity (Wildman–Crippen MR) is 90.4 cm³/mol. The zero-order chi connectivity index (χ0) is 16.4. The Hall–Kier alpha value is -2.08. The minimum absolute atomic E-state index is 0.0298. The Morgan fingerprint density at radius 1 is 1.22 bits per heavy atom. The monoisotopic (exact) mass is 333 g/mol. The molecule has 0 aromatic heterocycles. The Labute approximate surface area is 136 Å². The highest BCUT2D eigenvalue weighted by Crippen LogP contribution is 2.35. The fourth-order valence-electron chi connectivity index (χ4n) is 2.64. The van der Waals surface area contributed by atoms with Crippen LogP contribution in [0.15, 0.2) is 41.6 Å². The van der Waals surface area contributed by atoms with Crippen molar-refractivity contribution in [3.05, 3.63) is 42.0 Å². The Bertz CT molecular complexity index is 858. The number of fused-ring (bicyclic) bond motifs is 3. The van der Waals surface area contributed by atoms with Gasteiger partial charge in [-0.2, -0.15) is 8.42 Å². The number of rotatable bonds is 5. The number of hydrogen-bond acceptors (Lipinski definition) is 5. The van der Waals surface area contributed by atoms with E-state index in [1.54, 1.807) is 0 Å². The maximum absolute atomic E-state index is 11.9. The second kappa shape index (κ2) is 6.20. The molecule has 2 aromatic rings. The van der Waals surface area contributed by atoms with Crippen molar-refractivity contribution < 1.29 is 17.4 Å². The molecule has 23 heavy (non-hydrogen) atoms. The van der Waals surface area contributed by atoms with Crippen LogP contribution in [0.4, 0.5) is 0 Å². The van der Waals surface area contributed by atoms with Crippen molar-refractivity contribution in [2.75, 3.05) is 5.75 Å². The third-order valence-corrected chi connectivity index (χ3v) is 4.92. The van der Waals surface area contributed by atoms with Crippen LogP contribution in [0.1, 0.15) is 32.3 Å². The van der Waals surface area contributed by atoms with Gasteiger partial charge in [-0.25, -0.2) is 0 Å². The van der Waals surface area contributed by atoms with Crippen molar-refractivity contribution in [2.24, 2.45) is 5.16 Å². The Morgan fingerprint density at radius 2 is 2.00 bits per heavy atom. The molecule has 2 aromatic carbocycles. The SMILES string of the molecule is CCCCS(=O)(=O)O/N=C1/c2c(ccc3ccccc23)OC1C. The smallest absolute Gasteiger partial charge is 0.328 e. The van der Waals surface area contributed by atoms with E-state index in [-0.39, 0.29) is 11.9 Å². The van der Waals surface area contributed by atoms with Gasteiger partial charge >= 0.3 is 10.1 Å². The summed E-state index contributed by atoms with van der Waals surface area (Å²) < 4.78 is 34.4. The van der Waals surface area contributed by atoms with E-state index in [2.05, 4.69) is 5.16 Å². The lowest BCUT2D eigenvalue weighted by atomic mass is 10.00. The van der Waals surface area contributed by atoms with E-state index in [4.69, 9.17) is 9.02 Å². The van der Waals surface area contributed by atoms with Gasteiger partial charge in [-0.15, -0.1) is 0 Å². The number of hydrogen-bond donors (Lipinski definition) is 0. The third-order valence-electron chi connectivity index (χ3n) is 3.83. The fourth-order valence-corrected chi connectivity index (χ4v) is 3.55. The van der Waals surface area contributed by atoms with Gasteiger partial charge in [-0.1, -0.05) is 48.8 Å². The zero-order valence-electron chi connectivity index (χ0n) is 13.2. The molecule has 122 valence electrons. The van der Waals surface area contributed by atoms with Crippen LogP contribution in [0.25, 0.3) is 10.8 Å². The van der Waals surface area contributed by atoms with Gasteiger partial charge in [0.05, 0.1) is 11.3 Å². The number of benzene rings is 2. The molecule has 0 fully saturated rings. The van der Waals surface area contributed by atoms with Crippen molar-refractivity contribution >= 4 is 26.6 Å². The second-order valence-electron chi connectivity index (χ2n) is 5.59. The molecule has 0 radical (unpaired) electrons. The van der Waals surface area contributed by atoms with Gasteiger partial charge in [0.15, 0.2) is 0 Å². The van der Waals surface area contributed by atoms with Crippen LogP contribution in [0.5, 0.6) is 5.75 Å². The molecule has 0 saturated carbocycles. The highest BCUT2D eigenvalue weighted by atomic mass is 32.2. The summed E-state index contributed by atoms with van der Waals surface area (Å²) in [5.41, 5.74) is 1.32. The Balaban J connectivity index is 1.99. The topological polar surface area (TPSA) is 65.0 Å². The summed E-state index contributed by atoms with van der Waals surface area (Å²) in [4.78, 5) is 0. The molecule has 1 heterocycles. The van der Waals surface area contributed by atoms with Crippen LogP contribution in [-0.2, 0) is 14.4 Å². The van der Waals surface area contributed by atoms with Crippen LogP contribution in [-0.4, -0.2) is 26.0 Å². The van der Waals surface area contributed by atoms with Gasteiger partial charge in [-0.05, 0) is 30.2 Å². The van der Waals surface area contributed by atoms with Crippen molar-refractivity contribution in [2.45, 2.75) is 32.8 Å². The van der Waals surface area contributed by atoms with E-state index in [9.17, 15) is 8.42 Å². The van der Waals surface area contributed by atoms with Crippen LogP contribution in [0, 0.1) is 0 Å². The summed E-state index contributed by atoms with van der Waals surface area (Å²) in [6.07, 6.45) is 0.988. The average Bonchev–Trinajstić information content (AvgIpc) is 2.87. The summed E-state index contributed by atoms with van der Waals surface area (Å²) in [7, 11) is -3.65. The summed E-state index contributed by atoms with van der Waals surface area (Å²) >= 11 is 0. The lowest BCUT2D eigenvalue weighted by molar-refractivity contribution is 0.291. The van der Waals surface area contributed by atoms with Gasteiger partial charge in [-0.3, -0.25) is 4.28 Å². The first-order chi connectivity index (χ1) is 11.0. The van der Waals surface area contributed by atoms with Gasteiger partial charge in [0.2, 0.25) is 0 Å². The van der Waals surface area contributed by atoms with Gasteiger partial charge in [0, 0.05) is 0 Å². The molecule has 0 N–H and O–H groups in total. The van der Waals surface area contributed by atoms with Crippen molar-refractivity contribution in [3.8, 4) is 5.75 Å². The number of nitrogens with zero attached hydrogens (tertiary/aromatic N) is 1. The Morgan fingerprint density at radius 3 is 2.78 bits per heavy atom. The molecule has 1 aliphatic heterocycles. The molecule has 1 unspecified atom stereocenters. The maximum Gasteiger partial charge on any atom is 0.328 e. The molecule has 0 saturated heterocycles. The first-order valence-corrected chi connectivity index (χ1v) is 9.27. The average molecular weight is 333 g/mol. The van der Waals surface area contributed by atoms with Crippen molar-refractivity contribution in [1.29, 1.82) is 0 Å². The van der Waals surface area contributed by atoms with E-state index in [0.717, 1.165) is 22.8 Å². The predicted octanol–water partition coefficient (Wildman–Crippen LogP) is 3.47. The normalized spacial score (nSPS) is 18.9. The molecule has 5 nitrogen and oxygen atoms in total. The second-order valence-corrected chi connectivity index (χ2v) is 7.26. The van der Waals surface area contributed by atoms with Gasteiger partial charge < -0.3 is 4.74 Å². The molecule has 1 aliphatic rings. The van der Waals surface area contributed by atoms with E-state index in [0.29, 0.717) is 17.9 Å². The molecule has 3 rings (SSSR count). The fraction of sp³-hybridized carbons (Fsp3) is 0.353. The molecular weight excluding hydrogens is 314 g/mol. The lowest BCUT2D eigenvalue weighted by Gasteiger charge is -2.05. The van der Waals surface area contributed by atoms with Crippen LogP contribution >= 0.6 is 0 Å². The standard InChI is InChI=1S/C17H19NO4S/c1-3-4-11-23(19,20)22-18-17-12(2)21-15-10-9-13-7-5-6-8-14(13)16(15)17/h5-10,12H,3-4,11H2,1-2H3/b18-17+. The number of unbranched alkanes of at least 4 members (excludes halogenated alkanes) is 1. The van der Waals surface area contributed by atoms with E-state index >= 15 is 0 Å². The molecule has 0 bridgehead atoms. The van der Waals surface area contributed by atoms with Crippen molar-refractivity contribution in [3.63, 3.8) is 0 Å². The van der Waals surface area contributed by atoms with Crippen molar-refractivity contribution in [1.82, 2.24) is 0 Å². The van der Waals surface area contributed by atoms with Crippen LogP contribution in [0.2, 0.25) is 0 Å². The summed E-state index contributed by atoms with van der Waals surface area (Å²) in [5, 5.41) is 5.95. The van der Waals surface area contributed by atoms with E-state index in [1.807, 2.05) is 50.2 Å². The lowest BCUT2D eigenvalue weighted by Crippen LogP contribution is -2.18. The van der Waals surface area contributed by atoms with Crippen LogP contribution in [0.3, 0.4) is 0 Å². The van der Waals surface area contributed by atoms with E-state index < -0.39 is 10.1 Å². The highest BCUT2D eigenvalue weighted by molar-refractivity contribution is 7.86. The minimum Gasteiger partial charge on any atom is -0.484 e. The summed E-state index contributed by atoms with van der Waals surface area (Å²) in [6.45, 7) is 3.76. The largest absolute Gasteiger partial charge is 0.484 e. The minimum atomic E-state index is -3.65. The molecule has 0 aliphatic carbocycles. The van der Waals surface area contributed by atoms with Gasteiger partial charge in [0.1, 0.15) is 17.6 Å². The first kappa shape index (κ1) is 15.8. The number of oxime groups is 1. The Kier molecular flexibility index (Phi) is 4.26. The van der Waals surface area contributed by atoms with E-state index in [1.165, 1.54) is 0 Å². The summed E-state index contributed by atoms with van der Waals surface area (Å²) in [5.74, 6) is 0.669. The molecule has 6 heteroatoms. The maximum atomic E-state index is 11.9. The molecular formula is C17H19NO4S. The quantitative estimate of drug-likeness (QED) is 0.786. The van der Waals surface area contributed by atoms with Gasteiger partial charge in [0.25, 0.3) is 0 Å². The highest BCUT2D eigenvalue weighted by Gasteiger charge is 2.30. The molecule has 0 amide bonds. The zero-order valence-corrected chi connectivity index (χ0v) is 14.0. The summed E-state index contributed by atoms with van der Waals surface area (Å²) in [6, 6.07) is 11.7. The molecule has 0 spiro atoms.